The Morgan fingerprint density at radius 3 is 2.86 bits per heavy atom. The van der Waals surface area contributed by atoms with Gasteiger partial charge < -0.3 is 10.2 Å². The number of carbonyl (C=O) groups is 2. The number of piperazine rings is 1. The molecule has 37 heavy (non-hydrogen) atoms. The fourth-order valence-corrected chi connectivity index (χ4v) is 5.57. The number of rotatable bonds is 6. The van der Waals surface area contributed by atoms with Gasteiger partial charge in [0, 0.05) is 55.9 Å². The third-order valence-electron chi connectivity index (χ3n) is 7.15. The molecule has 2 saturated heterocycles. The van der Waals surface area contributed by atoms with Crippen molar-refractivity contribution in [2.45, 2.75) is 38.0 Å². The average molecular weight is 521 g/mol. The van der Waals surface area contributed by atoms with Gasteiger partial charge in [0.1, 0.15) is 17.7 Å². The predicted octanol–water partition coefficient (Wildman–Crippen LogP) is 2.83. The summed E-state index contributed by atoms with van der Waals surface area (Å²) in [5.41, 5.74) is 3.98. The number of urea groups is 1. The maximum absolute atomic E-state index is 13.3. The molecule has 194 valence electrons. The molecule has 0 aliphatic carbocycles. The molecule has 5 heterocycles. The van der Waals surface area contributed by atoms with Crippen molar-refractivity contribution in [2.75, 3.05) is 61.1 Å². The van der Waals surface area contributed by atoms with E-state index in [1.165, 1.54) is 18.4 Å². The molecule has 0 aromatic carbocycles. The highest BCUT2D eigenvalue weighted by molar-refractivity contribution is 8.01. The highest BCUT2D eigenvalue weighted by Crippen LogP contribution is 2.30. The smallest absolute Gasteiger partial charge is 0.328 e. The highest BCUT2D eigenvalue weighted by atomic mass is 32.2. The van der Waals surface area contributed by atoms with Crippen LogP contribution in [0, 0.1) is 18.3 Å². The number of anilines is 3. The van der Waals surface area contributed by atoms with E-state index in [-0.39, 0.29) is 11.9 Å². The zero-order chi connectivity index (χ0) is 25.9. The number of fused-ring (bicyclic) bond motifs is 1. The van der Waals surface area contributed by atoms with E-state index in [2.05, 4.69) is 27.8 Å². The number of carbonyl (C=O) groups excluding carboxylic acids is 2. The van der Waals surface area contributed by atoms with E-state index in [1.807, 2.05) is 35.5 Å². The monoisotopic (exact) mass is 520 g/mol. The van der Waals surface area contributed by atoms with Crippen LogP contribution in [0.2, 0.25) is 0 Å². The summed E-state index contributed by atoms with van der Waals surface area (Å²) in [6.07, 6.45) is 4.32. The second-order valence-corrected chi connectivity index (χ2v) is 11.3. The number of nitrogens with one attached hydrogen (secondary N) is 2. The van der Waals surface area contributed by atoms with Crippen molar-refractivity contribution in [3.8, 4) is 6.07 Å². The molecule has 11 heteroatoms. The van der Waals surface area contributed by atoms with Gasteiger partial charge in [0.25, 0.3) is 0 Å². The first-order valence-electron chi connectivity index (χ1n) is 12.7. The Labute approximate surface area is 221 Å². The molecule has 2 aromatic rings. The minimum Gasteiger partial charge on any atom is -0.383 e. The molecular weight excluding hydrogens is 488 g/mol. The zero-order valence-corrected chi connectivity index (χ0v) is 22.1. The van der Waals surface area contributed by atoms with Gasteiger partial charge in [-0.1, -0.05) is 0 Å². The molecule has 0 saturated carbocycles. The molecule has 3 aliphatic rings. The Hall–Kier alpha value is -3.36. The standard InChI is InChI=1S/C26H32N8O2S/c1-17-19(15-33-8-7-32(2)16-24(33)35)10-18-4-3-6-34(25(18)30-17)26(36)31-23-11-22(20(12-27)13-29-23)28-14-21-5-9-37-21/h10-11,13,21H,3-9,14-16H2,1-2H3,(H2,28,29,31,36). The Balaban J connectivity index is 1.30. The molecule has 2 aromatic heterocycles. The number of hydrogen-bond acceptors (Lipinski definition) is 8. The number of thioether (sulfide) groups is 1. The molecule has 5 rings (SSSR count). The lowest BCUT2D eigenvalue weighted by atomic mass is 10.0. The van der Waals surface area contributed by atoms with Crippen LogP contribution in [0.3, 0.4) is 0 Å². The summed E-state index contributed by atoms with van der Waals surface area (Å²) in [5.74, 6) is 2.35. The van der Waals surface area contributed by atoms with Crippen molar-refractivity contribution in [1.82, 2.24) is 19.8 Å². The first-order chi connectivity index (χ1) is 17.9. The largest absolute Gasteiger partial charge is 0.383 e. The fourth-order valence-electron chi connectivity index (χ4n) is 4.80. The third-order valence-corrected chi connectivity index (χ3v) is 8.49. The normalized spacial score (nSPS) is 19.6. The molecular formula is C26H32N8O2S. The Morgan fingerprint density at radius 2 is 2.14 bits per heavy atom. The first kappa shape index (κ1) is 25.3. The number of aryl methyl sites for hydroxylation is 2. The van der Waals surface area contributed by atoms with Crippen molar-refractivity contribution >= 4 is 41.0 Å². The van der Waals surface area contributed by atoms with Crippen molar-refractivity contribution < 1.29 is 9.59 Å². The van der Waals surface area contributed by atoms with Crippen LogP contribution in [0.1, 0.15) is 35.2 Å². The number of amides is 3. The molecule has 3 aliphatic heterocycles. The Kier molecular flexibility index (Phi) is 7.48. The van der Waals surface area contributed by atoms with Gasteiger partial charge in [-0.3, -0.25) is 19.9 Å². The number of hydrogen-bond donors (Lipinski definition) is 2. The number of nitrogens with zero attached hydrogens (tertiary/aromatic N) is 6. The lowest BCUT2D eigenvalue weighted by molar-refractivity contribution is -0.136. The second-order valence-electron chi connectivity index (χ2n) is 9.84. The summed E-state index contributed by atoms with van der Waals surface area (Å²) in [7, 11) is 1.96. The van der Waals surface area contributed by atoms with E-state index in [4.69, 9.17) is 4.98 Å². The number of nitriles is 1. The van der Waals surface area contributed by atoms with Gasteiger partial charge in [-0.15, -0.1) is 0 Å². The summed E-state index contributed by atoms with van der Waals surface area (Å²) in [6, 6.07) is 5.69. The van der Waals surface area contributed by atoms with Gasteiger partial charge in [-0.25, -0.2) is 14.8 Å². The molecule has 3 amide bonds. The summed E-state index contributed by atoms with van der Waals surface area (Å²) >= 11 is 1.91. The minimum absolute atomic E-state index is 0.127. The number of aromatic nitrogens is 2. The van der Waals surface area contributed by atoms with E-state index in [0.717, 1.165) is 42.8 Å². The summed E-state index contributed by atoms with van der Waals surface area (Å²) in [5, 5.41) is 16.2. The van der Waals surface area contributed by atoms with Gasteiger partial charge in [0.15, 0.2) is 0 Å². The lowest BCUT2D eigenvalue weighted by Crippen LogP contribution is -2.48. The average Bonchev–Trinajstić information content (AvgIpc) is 2.85. The van der Waals surface area contributed by atoms with E-state index >= 15 is 0 Å². The molecule has 2 fully saturated rings. The van der Waals surface area contributed by atoms with Gasteiger partial charge in [0.05, 0.1) is 17.8 Å². The molecule has 1 atom stereocenters. The Bertz CT molecular complexity index is 1240. The van der Waals surface area contributed by atoms with Crippen LogP contribution in [-0.4, -0.2) is 82.5 Å². The van der Waals surface area contributed by atoms with Crippen LogP contribution in [0.5, 0.6) is 0 Å². The summed E-state index contributed by atoms with van der Waals surface area (Å²) in [6.45, 7) is 5.80. The van der Waals surface area contributed by atoms with Crippen LogP contribution in [0.15, 0.2) is 18.3 Å². The van der Waals surface area contributed by atoms with E-state index in [9.17, 15) is 14.9 Å². The maximum atomic E-state index is 13.3. The highest BCUT2D eigenvalue weighted by Gasteiger charge is 2.28. The molecule has 1 unspecified atom stereocenters. The minimum atomic E-state index is -0.299. The van der Waals surface area contributed by atoms with Crippen LogP contribution >= 0.6 is 11.8 Å². The van der Waals surface area contributed by atoms with Gasteiger partial charge in [-0.2, -0.15) is 17.0 Å². The summed E-state index contributed by atoms with van der Waals surface area (Å²) < 4.78 is 0. The SMILES string of the molecule is Cc1nc2c(cc1CN1CCN(C)CC1=O)CCCN2C(=O)Nc1cc(NCC2CCS2)c(C#N)cn1. The Morgan fingerprint density at radius 1 is 1.30 bits per heavy atom. The van der Waals surface area contributed by atoms with E-state index in [0.29, 0.717) is 54.3 Å². The van der Waals surface area contributed by atoms with Crippen molar-refractivity contribution in [1.29, 1.82) is 5.26 Å². The lowest BCUT2D eigenvalue weighted by Gasteiger charge is -2.33. The predicted molar refractivity (Wildman–Crippen MR) is 145 cm³/mol. The molecule has 2 N–H and O–H groups in total. The van der Waals surface area contributed by atoms with E-state index < -0.39 is 0 Å². The van der Waals surface area contributed by atoms with Crippen LogP contribution in [0.4, 0.5) is 22.1 Å². The quantitative estimate of drug-likeness (QED) is 0.597. The van der Waals surface area contributed by atoms with Crippen LogP contribution in [-0.2, 0) is 17.8 Å². The van der Waals surface area contributed by atoms with Gasteiger partial charge in [0.2, 0.25) is 5.91 Å². The van der Waals surface area contributed by atoms with Gasteiger partial charge in [-0.05, 0) is 56.2 Å². The van der Waals surface area contributed by atoms with Crippen LogP contribution in [0.25, 0.3) is 0 Å². The molecule has 10 nitrogen and oxygen atoms in total. The van der Waals surface area contributed by atoms with Gasteiger partial charge >= 0.3 is 6.03 Å². The van der Waals surface area contributed by atoms with Crippen molar-refractivity contribution in [3.05, 3.63) is 40.7 Å². The van der Waals surface area contributed by atoms with E-state index in [1.54, 1.807) is 11.0 Å². The summed E-state index contributed by atoms with van der Waals surface area (Å²) in [4.78, 5) is 40.4. The van der Waals surface area contributed by atoms with Crippen molar-refractivity contribution in [3.63, 3.8) is 0 Å². The third kappa shape index (κ3) is 5.65. The molecule has 0 bridgehead atoms. The number of pyridine rings is 2. The molecule has 0 spiro atoms. The zero-order valence-electron chi connectivity index (χ0n) is 21.3. The number of likely N-dealkylation sites (N-methyl/N-ethyl adjacent to an activating group) is 1. The van der Waals surface area contributed by atoms with Crippen LogP contribution < -0.4 is 15.5 Å². The topological polar surface area (TPSA) is 117 Å². The maximum Gasteiger partial charge on any atom is 0.328 e. The first-order valence-corrected chi connectivity index (χ1v) is 13.8. The fraction of sp³-hybridized carbons (Fsp3) is 0.500. The molecule has 0 radical (unpaired) electrons. The van der Waals surface area contributed by atoms with Crippen molar-refractivity contribution in [2.24, 2.45) is 0 Å². The second kappa shape index (κ2) is 10.9.